The van der Waals surface area contributed by atoms with Crippen LogP contribution in [0.3, 0.4) is 0 Å². The van der Waals surface area contributed by atoms with Gasteiger partial charge in [0, 0.05) is 32.4 Å². The first-order valence-electron chi connectivity index (χ1n) is 8.33. The highest BCUT2D eigenvalue weighted by Gasteiger charge is 2.43. The second-order valence-electron chi connectivity index (χ2n) is 6.69. The maximum absolute atomic E-state index is 12.5. The lowest BCUT2D eigenvalue weighted by atomic mass is 9.84. The number of ether oxygens (including phenoxy) is 2. The Morgan fingerprint density at radius 3 is 2.91 bits per heavy atom. The van der Waals surface area contributed by atoms with E-state index < -0.39 is 0 Å². The van der Waals surface area contributed by atoms with E-state index >= 15 is 0 Å². The van der Waals surface area contributed by atoms with Crippen LogP contribution >= 0.6 is 0 Å². The van der Waals surface area contributed by atoms with E-state index in [2.05, 4.69) is 0 Å². The summed E-state index contributed by atoms with van der Waals surface area (Å²) in [5.74, 6) is 0.692. The first-order chi connectivity index (χ1) is 11.1. The molecular weight excluding hydrogens is 294 g/mol. The zero-order valence-electron chi connectivity index (χ0n) is 13.7. The van der Waals surface area contributed by atoms with Crippen LogP contribution in [0.2, 0.25) is 0 Å². The normalized spacial score (nSPS) is 23.3. The molecule has 0 aromatic heterocycles. The summed E-state index contributed by atoms with van der Waals surface area (Å²) in [6, 6.07) is 6.56. The number of hydrogen-bond acceptors (Lipinski definition) is 4. The predicted molar refractivity (Wildman–Crippen MR) is 86.5 cm³/mol. The number of hydrogen-bond donors (Lipinski definition) is 1. The fraction of sp³-hybridized carbons (Fsp3) is 0.611. The molecule has 126 valence electrons. The second kappa shape index (κ2) is 6.89. The Hall–Kier alpha value is -1.59. The smallest absolute Gasteiger partial charge is 0.253 e. The number of piperidine rings is 1. The first-order valence-corrected chi connectivity index (χ1v) is 8.33. The summed E-state index contributed by atoms with van der Waals surface area (Å²) in [5, 5.41) is 9.53. The maximum Gasteiger partial charge on any atom is 0.253 e. The van der Waals surface area contributed by atoms with Crippen molar-refractivity contribution in [1.82, 2.24) is 4.90 Å². The van der Waals surface area contributed by atoms with Crippen LogP contribution in [0.4, 0.5) is 0 Å². The van der Waals surface area contributed by atoms with Crippen molar-refractivity contribution in [3.8, 4) is 5.75 Å². The van der Waals surface area contributed by atoms with Crippen molar-refractivity contribution in [2.75, 3.05) is 33.4 Å². The van der Waals surface area contributed by atoms with Crippen molar-refractivity contribution in [1.29, 1.82) is 0 Å². The average Bonchev–Trinajstić information content (AvgIpc) is 2.96. The largest absolute Gasteiger partial charge is 0.508 e. The number of benzene rings is 1. The summed E-state index contributed by atoms with van der Waals surface area (Å²) in [6.45, 7) is 3.02. The maximum atomic E-state index is 12.5. The highest BCUT2D eigenvalue weighted by atomic mass is 16.5. The minimum absolute atomic E-state index is 0.00956. The number of carbonyl (C=O) groups is 1. The molecule has 2 heterocycles. The molecule has 1 amide bonds. The van der Waals surface area contributed by atoms with Gasteiger partial charge in [0.05, 0.1) is 12.2 Å². The number of aromatic hydroxyl groups is 1. The number of methoxy groups -OCH3 is 1. The summed E-state index contributed by atoms with van der Waals surface area (Å²) >= 11 is 0. The van der Waals surface area contributed by atoms with E-state index in [4.69, 9.17) is 9.47 Å². The minimum Gasteiger partial charge on any atom is -0.508 e. The van der Waals surface area contributed by atoms with Crippen LogP contribution in [-0.4, -0.2) is 54.9 Å². The highest BCUT2D eigenvalue weighted by molar-refractivity contribution is 5.94. The van der Waals surface area contributed by atoms with Gasteiger partial charge in [-0.1, -0.05) is 6.07 Å². The van der Waals surface area contributed by atoms with Gasteiger partial charge < -0.3 is 19.5 Å². The predicted octanol–water partition coefficient (Wildman–Crippen LogP) is 2.44. The Labute approximate surface area is 137 Å². The van der Waals surface area contributed by atoms with Crippen molar-refractivity contribution in [2.24, 2.45) is 5.92 Å². The lowest BCUT2D eigenvalue weighted by molar-refractivity contribution is -0.0392. The molecule has 1 aromatic carbocycles. The number of amides is 1. The third-order valence-corrected chi connectivity index (χ3v) is 5.07. The van der Waals surface area contributed by atoms with Gasteiger partial charge in [-0.05, 0) is 49.8 Å². The molecule has 2 aliphatic rings. The molecule has 0 saturated carbocycles. The van der Waals surface area contributed by atoms with Crippen LogP contribution in [0, 0.1) is 5.92 Å². The molecule has 5 nitrogen and oxygen atoms in total. The molecule has 5 heteroatoms. The molecule has 2 saturated heterocycles. The Morgan fingerprint density at radius 1 is 1.43 bits per heavy atom. The topological polar surface area (TPSA) is 59.0 Å². The molecule has 1 aromatic rings. The van der Waals surface area contributed by atoms with Crippen molar-refractivity contribution >= 4 is 5.91 Å². The number of nitrogens with zero attached hydrogens (tertiary/aromatic N) is 1. The van der Waals surface area contributed by atoms with E-state index in [0.29, 0.717) is 24.6 Å². The van der Waals surface area contributed by atoms with Gasteiger partial charge in [-0.25, -0.2) is 0 Å². The molecule has 0 bridgehead atoms. The summed E-state index contributed by atoms with van der Waals surface area (Å²) in [7, 11) is 1.73. The van der Waals surface area contributed by atoms with E-state index in [1.807, 2.05) is 4.90 Å². The molecule has 1 spiro atoms. The van der Waals surface area contributed by atoms with Crippen LogP contribution in [0.25, 0.3) is 0 Å². The molecule has 1 N–H and O–H groups in total. The van der Waals surface area contributed by atoms with Crippen molar-refractivity contribution < 1.29 is 19.4 Å². The average molecular weight is 319 g/mol. The summed E-state index contributed by atoms with van der Waals surface area (Å²) < 4.78 is 11.3. The Balaban J connectivity index is 1.55. The molecule has 0 radical (unpaired) electrons. The van der Waals surface area contributed by atoms with Gasteiger partial charge in [0.2, 0.25) is 0 Å². The number of phenolic OH excluding ortho intramolecular Hbond substituents is 1. The highest BCUT2D eigenvalue weighted by Crippen LogP contribution is 2.40. The lowest BCUT2D eigenvalue weighted by Gasteiger charge is -2.38. The van der Waals surface area contributed by atoms with E-state index in [1.54, 1.807) is 25.3 Å². The van der Waals surface area contributed by atoms with Gasteiger partial charge in [-0.2, -0.15) is 0 Å². The van der Waals surface area contributed by atoms with Crippen LogP contribution in [0.1, 0.15) is 36.0 Å². The Bertz CT molecular complexity index is 552. The lowest BCUT2D eigenvalue weighted by Crippen LogP contribution is -2.46. The quantitative estimate of drug-likeness (QED) is 0.926. The molecule has 1 atom stereocenters. The summed E-state index contributed by atoms with van der Waals surface area (Å²) in [4.78, 5) is 14.4. The third kappa shape index (κ3) is 3.67. The minimum atomic E-state index is -0.0476. The second-order valence-corrected chi connectivity index (χ2v) is 6.69. The van der Waals surface area contributed by atoms with Crippen LogP contribution in [0.15, 0.2) is 24.3 Å². The summed E-state index contributed by atoms with van der Waals surface area (Å²) in [5.41, 5.74) is 0.500. The molecule has 23 heavy (non-hydrogen) atoms. The number of rotatable bonds is 4. The standard InChI is InChI=1S/C18H25NO4/c1-22-10-5-14-12-18(23-13-14)6-8-19(9-7-18)17(21)15-3-2-4-16(20)11-15/h2-4,11,14,20H,5-10,12-13H2,1H3. The Morgan fingerprint density at radius 2 is 2.22 bits per heavy atom. The first kappa shape index (κ1) is 16.3. The van der Waals surface area contributed by atoms with E-state index in [1.165, 1.54) is 6.07 Å². The third-order valence-electron chi connectivity index (χ3n) is 5.07. The van der Waals surface area contributed by atoms with E-state index in [0.717, 1.165) is 38.9 Å². The zero-order valence-corrected chi connectivity index (χ0v) is 13.7. The van der Waals surface area contributed by atoms with Crippen LogP contribution in [-0.2, 0) is 9.47 Å². The number of carbonyl (C=O) groups excluding carboxylic acids is 1. The molecular formula is C18H25NO4. The van der Waals surface area contributed by atoms with Gasteiger partial charge in [0.1, 0.15) is 5.75 Å². The van der Waals surface area contributed by atoms with Crippen LogP contribution in [0.5, 0.6) is 5.75 Å². The molecule has 2 aliphatic heterocycles. The van der Waals surface area contributed by atoms with E-state index in [9.17, 15) is 9.90 Å². The van der Waals surface area contributed by atoms with Gasteiger partial charge in [-0.15, -0.1) is 0 Å². The molecule has 2 fully saturated rings. The van der Waals surface area contributed by atoms with Crippen molar-refractivity contribution in [3.63, 3.8) is 0 Å². The van der Waals surface area contributed by atoms with Gasteiger partial charge >= 0.3 is 0 Å². The van der Waals surface area contributed by atoms with E-state index in [-0.39, 0.29) is 17.3 Å². The fourth-order valence-electron chi connectivity index (χ4n) is 3.70. The van der Waals surface area contributed by atoms with Crippen molar-refractivity contribution in [3.05, 3.63) is 29.8 Å². The van der Waals surface area contributed by atoms with Gasteiger partial charge in [0.25, 0.3) is 5.91 Å². The monoisotopic (exact) mass is 319 g/mol. The SMILES string of the molecule is COCCC1COC2(CCN(C(=O)c3cccc(O)c3)CC2)C1. The number of likely N-dealkylation sites (tertiary alicyclic amines) is 1. The molecule has 3 rings (SSSR count). The van der Waals surface area contributed by atoms with Crippen molar-refractivity contribution in [2.45, 2.75) is 31.3 Å². The van der Waals surface area contributed by atoms with Crippen LogP contribution < -0.4 is 0 Å². The fourth-order valence-corrected chi connectivity index (χ4v) is 3.70. The number of phenols is 1. The molecule has 1 unspecified atom stereocenters. The van der Waals surface area contributed by atoms with Gasteiger partial charge in [0.15, 0.2) is 0 Å². The molecule has 0 aliphatic carbocycles. The zero-order chi connectivity index (χ0) is 16.3. The summed E-state index contributed by atoms with van der Waals surface area (Å²) in [6.07, 6.45) is 3.90. The van der Waals surface area contributed by atoms with Gasteiger partial charge in [-0.3, -0.25) is 4.79 Å². The Kier molecular flexibility index (Phi) is 4.87.